The van der Waals surface area contributed by atoms with Crippen LogP contribution in [-0.2, 0) is 25.7 Å². The first kappa shape index (κ1) is 29.0. The van der Waals surface area contributed by atoms with Crippen LogP contribution in [0.15, 0.2) is 59.1 Å². The summed E-state index contributed by atoms with van der Waals surface area (Å²) in [6, 6.07) is 15.8. The Bertz CT molecular complexity index is 1460. The van der Waals surface area contributed by atoms with E-state index in [0.717, 1.165) is 20.8 Å². The first-order valence-electron chi connectivity index (χ1n) is 13.8. The van der Waals surface area contributed by atoms with Gasteiger partial charge in [0.05, 0.1) is 37.6 Å². The number of carbonyl (C=O) groups is 3. The lowest BCUT2D eigenvalue weighted by atomic mass is 9.98. The molecular formula is C31H35BrN4O5. The number of anilines is 2. The fourth-order valence-corrected chi connectivity index (χ4v) is 5.89. The molecule has 3 aromatic carbocycles. The number of rotatable bonds is 7. The van der Waals surface area contributed by atoms with Crippen molar-refractivity contribution in [3.8, 4) is 5.75 Å². The molecule has 2 aliphatic rings. The molecule has 1 saturated heterocycles. The van der Waals surface area contributed by atoms with Gasteiger partial charge in [0.2, 0.25) is 11.8 Å². The van der Waals surface area contributed by atoms with Crippen molar-refractivity contribution in [2.75, 3.05) is 43.7 Å². The average Bonchev–Trinajstić information content (AvgIpc) is 3.11. The number of hydrogen-bond donors (Lipinski definition) is 2. The first-order chi connectivity index (χ1) is 19.8. The SMILES string of the molecule is CNC(C)C(=O)N[C@H]1CN(C(=O)C2CCOCC2)c2ccccc2N(Cc2c(OC)ccc3cc(Br)ccc23)C1=O. The second-order valence-corrected chi connectivity index (χ2v) is 11.3. The highest BCUT2D eigenvalue weighted by Gasteiger charge is 2.39. The fraction of sp³-hybridized carbons (Fsp3) is 0.387. The number of ether oxygens (including phenoxy) is 2. The second kappa shape index (κ2) is 12.6. The quantitative estimate of drug-likeness (QED) is 0.413. The van der Waals surface area contributed by atoms with E-state index in [9.17, 15) is 14.4 Å². The van der Waals surface area contributed by atoms with E-state index in [1.54, 1.807) is 30.9 Å². The van der Waals surface area contributed by atoms with Gasteiger partial charge in [-0.05, 0) is 67.9 Å². The number of para-hydroxylation sites is 2. The minimum atomic E-state index is -0.954. The van der Waals surface area contributed by atoms with Gasteiger partial charge in [-0.15, -0.1) is 0 Å². The van der Waals surface area contributed by atoms with Gasteiger partial charge in [-0.3, -0.25) is 14.4 Å². The van der Waals surface area contributed by atoms with E-state index in [1.165, 1.54) is 0 Å². The molecule has 3 amide bonds. The Morgan fingerprint density at radius 3 is 2.54 bits per heavy atom. The molecule has 2 aliphatic heterocycles. The maximum atomic E-state index is 14.4. The number of hydrogen-bond acceptors (Lipinski definition) is 6. The number of likely N-dealkylation sites (N-methyl/N-ethyl adjacent to an activating group) is 1. The fourth-order valence-electron chi connectivity index (χ4n) is 5.52. The molecule has 1 unspecified atom stereocenters. The molecule has 0 aromatic heterocycles. The zero-order valence-corrected chi connectivity index (χ0v) is 25.1. The van der Waals surface area contributed by atoms with Crippen molar-refractivity contribution >= 4 is 55.8 Å². The largest absolute Gasteiger partial charge is 0.496 e. The summed E-state index contributed by atoms with van der Waals surface area (Å²) in [5.41, 5.74) is 2.07. The summed E-state index contributed by atoms with van der Waals surface area (Å²) >= 11 is 3.55. The van der Waals surface area contributed by atoms with Crippen molar-refractivity contribution in [2.24, 2.45) is 5.92 Å². The monoisotopic (exact) mass is 622 g/mol. The van der Waals surface area contributed by atoms with E-state index < -0.39 is 12.1 Å². The van der Waals surface area contributed by atoms with Gasteiger partial charge in [0, 0.05) is 29.2 Å². The highest BCUT2D eigenvalue weighted by molar-refractivity contribution is 9.10. The lowest BCUT2D eigenvalue weighted by molar-refractivity contribution is -0.129. The Hall–Kier alpha value is -3.47. The number of nitrogens with one attached hydrogen (secondary N) is 2. The van der Waals surface area contributed by atoms with Crippen molar-refractivity contribution < 1.29 is 23.9 Å². The highest BCUT2D eigenvalue weighted by atomic mass is 79.9. The molecule has 2 N–H and O–H groups in total. The summed E-state index contributed by atoms with van der Waals surface area (Å²) in [5, 5.41) is 7.79. The number of benzene rings is 3. The molecule has 3 aromatic rings. The van der Waals surface area contributed by atoms with E-state index in [1.807, 2.05) is 54.6 Å². The number of methoxy groups -OCH3 is 1. The molecular weight excluding hydrogens is 588 g/mol. The molecule has 10 heteroatoms. The van der Waals surface area contributed by atoms with Crippen LogP contribution in [0.4, 0.5) is 11.4 Å². The number of amides is 3. The third kappa shape index (κ3) is 5.95. The summed E-state index contributed by atoms with van der Waals surface area (Å²) in [5.74, 6) is -0.254. The van der Waals surface area contributed by atoms with Crippen LogP contribution in [0.1, 0.15) is 25.3 Å². The van der Waals surface area contributed by atoms with Gasteiger partial charge in [0.15, 0.2) is 0 Å². The van der Waals surface area contributed by atoms with Gasteiger partial charge in [-0.2, -0.15) is 0 Å². The Kier molecular flexibility index (Phi) is 8.91. The molecule has 0 saturated carbocycles. The highest BCUT2D eigenvalue weighted by Crippen LogP contribution is 2.38. The summed E-state index contributed by atoms with van der Waals surface area (Å²) < 4.78 is 12.2. The molecule has 5 rings (SSSR count). The summed E-state index contributed by atoms with van der Waals surface area (Å²) in [6.07, 6.45) is 1.23. The third-order valence-corrected chi connectivity index (χ3v) is 8.45. The number of nitrogens with zero attached hydrogens (tertiary/aromatic N) is 2. The van der Waals surface area contributed by atoms with Crippen LogP contribution in [-0.4, -0.2) is 63.7 Å². The molecule has 216 valence electrons. The second-order valence-electron chi connectivity index (χ2n) is 10.4. The van der Waals surface area contributed by atoms with E-state index in [4.69, 9.17) is 9.47 Å². The van der Waals surface area contributed by atoms with E-state index in [0.29, 0.717) is 43.2 Å². The molecule has 41 heavy (non-hydrogen) atoms. The van der Waals surface area contributed by atoms with Crippen LogP contribution >= 0.6 is 15.9 Å². The van der Waals surface area contributed by atoms with Gasteiger partial charge in [-0.25, -0.2) is 0 Å². The molecule has 0 radical (unpaired) electrons. The van der Waals surface area contributed by atoms with Crippen LogP contribution in [0.5, 0.6) is 5.75 Å². The van der Waals surface area contributed by atoms with Crippen LogP contribution in [0.3, 0.4) is 0 Å². The maximum Gasteiger partial charge on any atom is 0.251 e. The van der Waals surface area contributed by atoms with Crippen molar-refractivity contribution in [3.05, 3.63) is 64.6 Å². The van der Waals surface area contributed by atoms with Crippen molar-refractivity contribution in [3.63, 3.8) is 0 Å². The summed E-state index contributed by atoms with van der Waals surface area (Å²) in [7, 11) is 3.30. The van der Waals surface area contributed by atoms with E-state index in [2.05, 4.69) is 26.6 Å². The van der Waals surface area contributed by atoms with Crippen LogP contribution in [0.2, 0.25) is 0 Å². The van der Waals surface area contributed by atoms with Gasteiger partial charge in [0.25, 0.3) is 5.91 Å². The van der Waals surface area contributed by atoms with Crippen LogP contribution in [0.25, 0.3) is 10.8 Å². The molecule has 9 nitrogen and oxygen atoms in total. The Balaban J connectivity index is 1.62. The topological polar surface area (TPSA) is 100 Å². The Labute approximate surface area is 248 Å². The van der Waals surface area contributed by atoms with E-state index in [-0.39, 0.29) is 36.7 Å². The minimum Gasteiger partial charge on any atom is -0.496 e. The molecule has 0 aliphatic carbocycles. The normalized spacial score (nSPS) is 18.5. The van der Waals surface area contributed by atoms with Crippen LogP contribution < -0.4 is 25.2 Å². The Morgan fingerprint density at radius 2 is 1.83 bits per heavy atom. The zero-order chi connectivity index (χ0) is 29.1. The predicted octanol–water partition coefficient (Wildman–Crippen LogP) is 4.01. The van der Waals surface area contributed by atoms with E-state index >= 15 is 0 Å². The summed E-state index contributed by atoms with van der Waals surface area (Å²) in [4.78, 5) is 44.7. The van der Waals surface area contributed by atoms with Crippen molar-refractivity contribution in [2.45, 2.75) is 38.4 Å². The first-order valence-corrected chi connectivity index (χ1v) is 14.6. The molecule has 2 heterocycles. The maximum absolute atomic E-state index is 14.4. The zero-order valence-electron chi connectivity index (χ0n) is 23.5. The number of carbonyl (C=O) groups excluding carboxylic acids is 3. The molecule has 2 atom stereocenters. The minimum absolute atomic E-state index is 0.0321. The van der Waals surface area contributed by atoms with Crippen molar-refractivity contribution in [1.29, 1.82) is 0 Å². The average molecular weight is 624 g/mol. The summed E-state index contributed by atoms with van der Waals surface area (Å²) in [6.45, 7) is 2.99. The van der Waals surface area contributed by atoms with Gasteiger partial charge < -0.3 is 29.9 Å². The van der Waals surface area contributed by atoms with Gasteiger partial charge in [-0.1, -0.05) is 40.2 Å². The standard InChI is InChI=1S/C31H35BrN4O5/c1-19(33-2)29(37)34-25-18-36(30(38)20-12-14-41-15-13-20)27-7-5-4-6-26(27)35(31(25)39)17-24-23-10-9-22(32)16-21(23)8-11-28(24)40-3/h4-11,16,19-20,25,33H,12-15,17-18H2,1-3H3,(H,34,37)/t19?,25-/m0/s1. The van der Waals surface area contributed by atoms with Gasteiger partial charge in [0.1, 0.15) is 11.8 Å². The van der Waals surface area contributed by atoms with Crippen molar-refractivity contribution in [1.82, 2.24) is 10.6 Å². The number of fused-ring (bicyclic) bond motifs is 2. The smallest absolute Gasteiger partial charge is 0.251 e. The lowest BCUT2D eigenvalue weighted by Gasteiger charge is -2.30. The van der Waals surface area contributed by atoms with Crippen LogP contribution in [0, 0.1) is 5.92 Å². The Morgan fingerprint density at radius 1 is 1.10 bits per heavy atom. The molecule has 0 spiro atoms. The third-order valence-electron chi connectivity index (χ3n) is 7.96. The lowest BCUT2D eigenvalue weighted by Crippen LogP contribution is -2.56. The number of halogens is 1. The predicted molar refractivity (Wildman–Crippen MR) is 162 cm³/mol. The molecule has 1 fully saturated rings. The van der Waals surface area contributed by atoms with Gasteiger partial charge >= 0.3 is 0 Å². The molecule has 0 bridgehead atoms.